The summed E-state index contributed by atoms with van der Waals surface area (Å²) in [7, 11) is 0. The van der Waals surface area contributed by atoms with E-state index < -0.39 is 12.1 Å². The van der Waals surface area contributed by atoms with Crippen LogP contribution in [-0.2, 0) is 9.53 Å². The summed E-state index contributed by atoms with van der Waals surface area (Å²) in [6.07, 6.45) is -0.913. The van der Waals surface area contributed by atoms with E-state index in [9.17, 15) is 9.59 Å². The molecule has 0 radical (unpaired) electrons. The Balaban J connectivity index is 1.72. The fraction of sp³-hybridized carbons (Fsp3) is 0.273. The number of aromatic amines is 1. The number of H-pyrrole nitrogens is 1. The molecule has 1 aromatic heterocycles. The van der Waals surface area contributed by atoms with Crippen molar-refractivity contribution in [3.8, 4) is 0 Å². The lowest BCUT2D eigenvalue weighted by molar-refractivity contribution is -0.123. The van der Waals surface area contributed by atoms with Crippen molar-refractivity contribution in [1.29, 1.82) is 0 Å². The van der Waals surface area contributed by atoms with Crippen molar-refractivity contribution in [3.05, 3.63) is 65.4 Å². The van der Waals surface area contributed by atoms with Gasteiger partial charge < -0.3 is 15.0 Å². The maximum Gasteiger partial charge on any atom is 0.355 e. The van der Waals surface area contributed by atoms with Crippen LogP contribution in [0.3, 0.4) is 0 Å². The van der Waals surface area contributed by atoms with Crippen LogP contribution < -0.4 is 5.32 Å². The molecule has 0 bridgehead atoms. The lowest BCUT2D eigenvalue weighted by Gasteiger charge is -2.18. The number of esters is 1. The van der Waals surface area contributed by atoms with Gasteiger partial charge in [-0.3, -0.25) is 4.79 Å². The standard InChI is InChI=1S/C22H24N2O3/c1-13(2)17-10-7-8-14(3)20(17)24-21(25)15(4)27-22(26)19-12-16-9-5-6-11-18(16)23-19/h5-13,15,23H,1-4H3,(H,24,25)/t15-/m0/s1. The van der Waals surface area contributed by atoms with E-state index in [0.717, 1.165) is 27.7 Å². The van der Waals surface area contributed by atoms with Crippen LogP contribution in [0.4, 0.5) is 5.69 Å². The summed E-state index contributed by atoms with van der Waals surface area (Å²) in [5, 5.41) is 3.84. The zero-order valence-corrected chi connectivity index (χ0v) is 16.0. The fourth-order valence-corrected chi connectivity index (χ4v) is 3.03. The summed E-state index contributed by atoms with van der Waals surface area (Å²) >= 11 is 0. The number of fused-ring (bicyclic) bond motifs is 1. The van der Waals surface area contributed by atoms with Gasteiger partial charge in [0.2, 0.25) is 0 Å². The smallest absolute Gasteiger partial charge is 0.355 e. The highest BCUT2D eigenvalue weighted by Crippen LogP contribution is 2.27. The molecule has 3 rings (SSSR count). The molecule has 5 heteroatoms. The molecule has 2 N–H and O–H groups in total. The fourth-order valence-electron chi connectivity index (χ4n) is 3.03. The molecule has 0 saturated carbocycles. The van der Waals surface area contributed by atoms with E-state index in [4.69, 9.17) is 4.74 Å². The van der Waals surface area contributed by atoms with Gasteiger partial charge in [-0.2, -0.15) is 0 Å². The van der Waals surface area contributed by atoms with Crippen molar-refractivity contribution in [2.24, 2.45) is 0 Å². The molecule has 0 aliphatic rings. The van der Waals surface area contributed by atoms with Crippen molar-refractivity contribution < 1.29 is 14.3 Å². The Morgan fingerprint density at radius 1 is 1.04 bits per heavy atom. The third kappa shape index (κ3) is 4.03. The average Bonchev–Trinajstić information content (AvgIpc) is 3.07. The molecule has 3 aromatic rings. The first-order chi connectivity index (χ1) is 12.9. The summed E-state index contributed by atoms with van der Waals surface area (Å²) in [6, 6.07) is 15.2. The number of anilines is 1. The Bertz CT molecular complexity index is 955. The Kier molecular flexibility index (Phi) is 5.31. The normalized spacial score (nSPS) is 12.2. The number of hydrogen-bond donors (Lipinski definition) is 2. The number of para-hydroxylation sites is 2. The molecule has 0 saturated heterocycles. The van der Waals surface area contributed by atoms with Gasteiger partial charge in [0.1, 0.15) is 5.69 Å². The molecule has 0 spiro atoms. The van der Waals surface area contributed by atoms with Gasteiger partial charge >= 0.3 is 5.97 Å². The van der Waals surface area contributed by atoms with Crippen LogP contribution in [0.5, 0.6) is 0 Å². The number of amides is 1. The minimum Gasteiger partial charge on any atom is -0.448 e. The van der Waals surface area contributed by atoms with E-state index in [1.165, 1.54) is 0 Å². The molecule has 0 aliphatic heterocycles. The van der Waals surface area contributed by atoms with E-state index in [-0.39, 0.29) is 11.8 Å². The molecule has 0 unspecified atom stereocenters. The molecule has 27 heavy (non-hydrogen) atoms. The van der Waals surface area contributed by atoms with E-state index in [1.54, 1.807) is 13.0 Å². The highest BCUT2D eigenvalue weighted by molar-refractivity contribution is 5.99. The van der Waals surface area contributed by atoms with E-state index >= 15 is 0 Å². The number of aromatic nitrogens is 1. The number of carbonyl (C=O) groups excluding carboxylic acids is 2. The van der Waals surface area contributed by atoms with Crippen LogP contribution in [0.1, 0.15) is 48.3 Å². The quantitative estimate of drug-likeness (QED) is 0.640. The summed E-state index contributed by atoms with van der Waals surface area (Å²) in [6.45, 7) is 7.67. The number of carbonyl (C=O) groups is 2. The van der Waals surface area contributed by atoms with Gasteiger partial charge in [0.15, 0.2) is 6.10 Å². The number of aryl methyl sites for hydroxylation is 1. The monoisotopic (exact) mass is 364 g/mol. The Morgan fingerprint density at radius 3 is 2.48 bits per heavy atom. The molecule has 2 aromatic carbocycles. The van der Waals surface area contributed by atoms with Crippen LogP contribution in [0, 0.1) is 6.92 Å². The van der Waals surface area contributed by atoms with Crippen molar-refractivity contribution in [3.63, 3.8) is 0 Å². The van der Waals surface area contributed by atoms with Gasteiger partial charge in [0, 0.05) is 16.6 Å². The molecule has 140 valence electrons. The van der Waals surface area contributed by atoms with Crippen LogP contribution in [0.25, 0.3) is 10.9 Å². The first-order valence-electron chi connectivity index (χ1n) is 9.06. The Morgan fingerprint density at radius 2 is 1.78 bits per heavy atom. The molecule has 0 aliphatic carbocycles. The maximum absolute atomic E-state index is 12.6. The minimum absolute atomic E-state index is 0.268. The largest absolute Gasteiger partial charge is 0.448 e. The number of nitrogens with one attached hydrogen (secondary N) is 2. The van der Waals surface area contributed by atoms with Gasteiger partial charge in [0.25, 0.3) is 5.91 Å². The lowest BCUT2D eigenvalue weighted by Crippen LogP contribution is -2.30. The molecule has 1 heterocycles. The van der Waals surface area contributed by atoms with Gasteiger partial charge in [-0.25, -0.2) is 4.79 Å². The molecule has 0 fully saturated rings. The summed E-state index contributed by atoms with van der Waals surface area (Å²) in [5.41, 5.74) is 3.99. The molecule has 1 atom stereocenters. The average molecular weight is 364 g/mol. The third-order valence-electron chi connectivity index (χ3n) is 4.58. The number of benzene rings is 2. The topological polar surface area (TPSA) is 71.2 Å². The summed E-state index contributed by atoms with van der Waals surface area (Å²) in [5.74, 6) is -0.636. The van der Waals surface area contributed by atoms with Crippen molar-refractivity contribution >= 4 is 28.5 Å². The second-order valence-corrected chi connectivity index (χ2v) is 7.00. The maximum atomic E-state index is 12.6. The van der Waals surface area contributed by atoms with E-state index in [0.29, 0.717) is 5.69 Å². The number of hydrogen-bond acceptors (Lipinski definition) is 3. The molecular weight excluding hydrogens is 340 g/mol. The second-order valence-electron chi connectivity index (χ2n) is 7.00. The molecule has 5 nitrogen and oxygen atoms in total. The zero-order valence-electron chi connectivity index (χ0n) is 16.0. The second kappa shape index (κ2) is 7.66. The highest BCUT2D eigenvalue weighted by Gasteiger charge is 2.22. The van der Waals surface area contributed by atoms with Gasteiger partial charge in [-0.05, 0) is 43.0 Å². The predicted octanol–water partition coefficient (Wildman–Crippen LogP) is 4.78. The first-order valence-corrected chi connectivity index (χ1v) is 9.06. The minimum atomic E-state index is -0.913. The Hall–Kier alpha value is -3.08. The van der Waals surface area contributed by atoms with Crippen molar-refractivity contribution in [2.75, 3.05) is 5.32 Å². The SMILES string of the molecule is Cc1cccc(C(C)C)c1NC(=O)[C@H](C)OC(=O)c1cc2ccccc2[nH]1. The summed E-state index contributed by atoms with van der Waals surface area (Å²) < 4.78 is 5.36. The Labute approximate surface area is 158 Å². The van der Waals surface area contributed by atoms with Crippen molar-refractivity contribution in [1.82, 2.24) is 4.98 Å². The molecular formula is C22H24N2O3. The molecule has 1 amide bonds. The van der Waals surface area contributed by atoms with E-state index in [2.05, 4.69) is 24.1 Å². The van der Waals surface area contributed by atoms with Crippen LogP contribution in [0.2, 0.25) is 0 Å². The third-order valence-corrected chi connectivity index (χ3v) is 4.58. The van der Waals surface area contributed by atoms with E-state index in [1.807, 2.05) is 49.4 Å². The highest BCUT2D eigenvalue weighted by atomic mass is 16.5. The van der Waals surface area contributed by atoms with Gasteiger partial charge in [0.05, 0.1) is 0 Å². The number of ether oxygens (including phenoxy) is 1. The lowest BCUT2D eigenvalue weighted by atomic mass is 9.98. The summed E-state index contributed by atoms with van der Waals surface area (Å²) in [4.78, 5) is 28.0. The first kappa shape index (κ1) is 18.7. The number of rotatable bonds is 5. The zero-order chi connectivity index (χ0) is 19.6. The van der Waals surface area contributed by atoms with Gasteiger partial charge in [-0.15, -0.1) is 0 Å². The van der Waals surface area contributed by atoms with Gasteiger partial charge in [-0.1, -0.05) is 50.2 Å². The van der Waals surface area contributed by atoms with Crippen LogP contribution >= 0.6 is 0 Å². The van der Waals surface area contributed by atoms with Crippen LogP contribution in [-0.4, -0.2) is 23.0 Å². The van der Waals surface area contributed by atoms with Crippen LogP contribution in [0.15, 0.2) is 48.5 Å². The predicted molar refractivity (Wildman–Crippen MR) is 107 cm³/mol. The van der Waals surface area contributed by atoms with Crippen molar-refractivity contribution in [2.45, 2.75) is 39.7 Å².